The van der Waals surface area contributed by atoms with Crippen molar-refractivity contribution >= 4 is 22.7 Å². The van der Waals surface area contributed by atoms with Gasteiger partial charge in [-0.1, -0.05) is 13.8 Å². The minimum absolute atomic E-state index is 0.0646. The van der Waals surface area contributed by atoms with Crippen molar-refractivity contribution in [2.45, 2.75) is 46.5 Å². The molecule has 2 amide bonds. The van der Waals surface area contributed by atoms with Crippen LogP contribution in [-0.4, -0.2) is 77.2 Å². The van der Waals surface area contributed by atoms with Crippen LogP contribution in [0, 0.1) is 5.92 Å². The fourth-order valence-electron chi connectivity index (χ4n) is 5.88. The second kappa shape index (κ2) is 12.3. The zero-order valence-corrected chi connectivity index (χ0v) is 25.2. The Balaban J connectivity index is 1.42. The number of carbonyl (C=O) groups excluding carboxylic acids is 2. The number of fused-ring (bicyclic) bond motifs is 1. The number of benzene rings is 2. The second-order valence-electron chi connectivity index (χ2n) is 10.9. The molecule has 0 spiro atoms. The number of methoxy groups -OCH3 is 2. The molecule has 2 aromatic carbocycles. The van der Waals surface area contributed by atoms with E-state index in [2.05, 4.69) is 29.0 Å². The molecule has 0 aliphatic carbocycles. The summed E-state index contributed by atoms with van der Waals surface area (Å²) in [5.74, 6) is 1.29. The summed E-state index contributed by atoms with van der Waals surface area (Å²) in [6, 6.07) is 11.8. The number of hydrogen-bond donors (Lipinski definition) is 1. The summed E-state index contributed by atoms with van der Waals surface area (Å²) in [5.41, 5.74) is 4.83. The third-order valence-electron chi connectivity index (χ3n) is 8.08. The molecule has 0 radical (unpaired) electrons. The first-order valence-electron chi connectivity index (χ1n) is 14.6. The minimum atomic E-state index is -0.341. The van der Waals surface area contributed by atoms with E-state index in [1.807, 2.05) is 55.1 Å². The molecule has 10 nitrogen and oxygen atoms in total. The molecule has 3 heterocycles. The van der Waals surface area contributed by atoms with Gasteiger partial charge in [-0.05, 0) is 74.6 Å². The molecule has 4 aromatic rings. The third kappa shape index (κ3) is 5.45. The highest BCUT2D eigenvalue weighted by Crippen LogP contribution is 2.40. The standard InChI is InChI=1S/C32H39N5O5/c1-7-36(8-2)31(38)22-10-9-15-37(18-22)32(39)30-35-34-29(42-30)21-11-13-24-23(16-21)27(19(3)4)28(33-24)20-12-14-25(40-5)26(17-20)41-6/h11-14,16-17,19,22,33H,7-10,15,18H2,1-6H3. The Morgan fingerprint density at radius 1 is 1.05 bits per heavy atom. The first-order valence-corrected chi connectivity index (χ1v) is 14.6. The summed E-state index contributed by atoms with van der Waals surface area (Å²) in [6.45, 7) is 10.5. The van der Waals surface area contributed by atoms with Crippen LogP contribution in [0.15, 0.2) is 40.8 Å². The maximum atomic E-state index is 13.3. The van der Waals surface area contributed by atoms with Gasteiger partial charge in [-0.15, -0.1) is 10.2 Å². The number of aromatic nitrogens is 3. The Morgan fingerprint density at radius 3 is 2.48 bits per heavy atom. The van der Waals surface area contributed by atoms with Gasteiger partial charge in [0.15, 0.2) is 11.5 Å². The number of piperidine rings is 1. The summed E-state index contributed by atoms with van der Waals surface area (Å²) in [4.78, 5) is 33.3. The minimum Gasteiger partial charge on any atom is -0.493 e. The first-order chi connectivity index (χ1) is 20.3. The van der Waals surface area contributed by atoms with Crippen LogP contribution >= 0.6 is 0 Å². The van der Waals surface area contributed by atoms with Crippen molar-refractivity contribution in [1.82, 2.24) is 25.0 Å². The maximum Gasteiger partial charge on any atom is 0.311 e. The predicted octanol–water partition coefficient (Wildman–Crippen LogP) is 5.75. The van der Waals surface area contributed by atoms with Crippen LogP contribution in [0.25, 0.3) is 33.6 Å². The highest BCUT2D eigenvalue weighted by Gasteiger charge is 2.33. The van der Waals surface area contributed by atoms with Crippen molar-refractivity contribution in [2.24, 2.45) is 5.92 Å². The molecular formula is C32H39N5O5. The molecule has 10 heteroatoms. The predicted molar refractivity (Wildman–Crippen MR) is 161 cm³/mol. The van der Waals surface area contributed by atoms with Gasteiger partial charge < -0.3 is 28.7 Å². The van der Waals surface area contributed by atoms with Gasteiger partial charge in [-0.3, -0.25) is 9.59 Å². The van der Waals surface area contributed by atoms with Gasteiger partial charge in [-0.25, -0.2) is 0 Å². The van der Waals surface area contributed by atoms with E-state index in [0.29, 0.717) is 37.7 Å². The summed E-state index contributed by atoms with van der Waals surface area (Å²) >= 11 is 0. The van der Waals surface area contributed by atoms with E-state index in [0.717, 1.165) is 46.1 Å². The SMILES string of the molecule is CCN(CC)C(=O)C1CCCN(C(=O)c2nnc(-c3ccc4[nH]c(-c5ccc(OC)c(OC)c5)c(C(C)C)c4c3)o2)C1. The average molecular weight is 574 g/mol. The molecule has 1 fully saturated rings. The lowest BCUT2D eigenvalue weighted by Gasteiger charge is -2.33. The van der Waals surface area contributed by atoms with E-state index >= 15 is 0 Å². The van der Waals surface area contributed by atoms with E-state index in [1.165, 1.54) is 0 Å². The number of nitrogens with one attached hydrogen (secondary N) is 1. The number of amides is 2. The Labute approximate surface area is 246 Å². The number of nitrogens with zero attached hydrogens (tertiary/aromatic N) is 4. The molecule has 1 N–H and O–H groups in total. The normalized spacial score (nSPS) is 15.3. The molecule has 1 atom stereocenters. The van der Waals surface area contributed by atoms with Crippen molar-refractivity contribution in [2.75, 3.05) is 40.4 Å². The van der Waals surface area contributed by atoms with Crippen molar-refractivity contribution < 1.29 is 23.5 Å². The third-order valence-corrected chi connectivity index (χ3v) is 8.08. The lowest BCUT2D eigenvalue weighted by Crippen LogP contribution is -2.46. The number of hydrogen-bond acceptors (Lipinski definition) is 7. The Kier molecular flexibility index (Phi) is 8.51. The van der Waals surface area contributed by atoms with Crippen LogP contribution in [0.5, 0.6) is 11.5 Å². The van der Waals surface area contributed by atoms with Gasteiger partial charge in [0.1, 0.15) is 0 Å². The van der Waals surface area contributed by atoms with Crippen molar-refractivity contribution in [3.05, 3.63) is 47.9 Å². The van der Waals surface area contributed by atoms with E-state index < -0.39 is 0 Å². The Bertz CT molecular complexity index is 1590. The number of rotatable bonds is 9. The fraction of sp³-hybridized carbons (Fsp3) is 0.438. The Morgan fingerprint density at radius 2 is 1.79 bits per heavy atom. The molecule has 1 aliphatic heterocycles. The largest absolute Gasteiger partial charge is 0.493 e. The first kappa shape index (κ1) is 29.2. The highest BCUT2D eigenvalue weighted by molar-refractivity contribution is 5.94. The number of carbonyl (C=O) groups is 2. The molecule has 42 heavy (non-hydrogen) atoms. The number of ether oxygens (including phenoxy) is 2. The van der Waals surface area contributed by atoms with E-state index in [-0.39, 0.29) is 35.4 Å². The molecule has 1 saturated heterocycles. The zero-order valence-electron chi connectivity index (χ0n) is 25.2. The molecule has 1 unspecified atom stereocenters. The zero-order chi connectivity index (χ0) is 30.0. The van der Waals surface area contributed by atoms with Crippen LogP contribution in [0.4, 0.5) is 0 Å². The maximum absolute atomic E-state index is 13.3. The molecule has 1 aliphatic rings. The summed E-state index contributed by atoms with van der Waals surface area (Å²) < 4.78 is 16.9. The molecule has 0 saturated carbocycles. The lowest BCUT2D eigenvalue weighted by molar-refractivity contribution is -0.136. The fourth-order valence-corrected chi connectivity index (χ4v) is 5.88. The van der Waals surface area contributed by atoms with Gasteiger partial charge >= 0.3 is 11.8 Å². The second-order valence-corrected chi connectivity index (χ2v) is 10.9. The average Bonchev–Trinajstić information content (AvgIpc) is 3.66. The van der Waals surface area contributed by atoms with E-state index in [9.17, 15) is 9.59 Å². The van der Waals surface area contributed by atoms with E-state index in [4.69, 9.17) is 13.9 Å². The number of H-pyrrole nitrogens is 1. The van der Waals surface area contributed by atoms with Gasteiger partial charge in [0.05, 0.1) is 25.8 Å². The monoisotopic (exact) mass is 573 g/mol. The number of likely N-dealkylation sites (tertiary alicyclic amines) is 1. The van der Waals surface area contributed by atoms with Crippen LogP contribution in [0.1, 0.15) is 62.7 Å². The van der Waals surface area contributed by atoms with Crippen molar-refractivity contribution in [1.29, 1.82) is 0 Å². The van der Waals surface area contributed by atoms with E-state index in [1.54, 1.807) is 19.1 Å². The molecular weight excluding hydrogens is 534 g/mol. The molecule has 2 aromatic heterocycles. The summed E-state index contributed by atoms with van der Waals surface area (Å²) in [5, 5.41) is 9.35. The van der Waals surface area contributed by atoms with Gasteiger partial charge in [0.2, 0.25) is 11.8 Å². The summed E-state index contributed by atoms with van der Waals surface area (Å²) in [7, 11) is 3.25. The van der Waals surface area contributed by atoms with Gasteiger partial charge in [0.25, 0.3) is 0 Å². The van der Waals surface area contributed by atoms with Crippen molar-refractivity contribution in [3.63, 3.8) is 0 Å². The smallest absolute Gasteiger partial charge is 0.311 e. The lowest BCUT2D eigenvalue weighted by atomic mass is 9.95. The van der Waals surface area contributed by atoms with Crippen LogP contribution in [0.3, 0.4) is 0 Å². The van der Waals surface area contributed by atoms with Crippen LogP contribution in [0.2, 0.25) is 0 Å². The molecule has 222 valence electrons. The van der Waals surface area contributed by atoms with Crippen LogP contribution < -0.4 is 9.47 Å². The highest BCUT2D eigenvalue weighted by atomic mass is 16.5. The summed E-state index contributed by atoms with van der Waals surface area (Å²) in [6.07, 6.45) is 1.53. The molecule has 5 rings (SSSR count). The molecule has 0 bridgehead atoms. The van der Waals surface area contributed by atoms with Gasteiger partial charge in [0, 0.05) is 48.2 Å². The number of aromatic amines is 1. The van der Waals surface area contributed by atoms with Crippen molar-refractivity contribution in [3.8, 4) is 34.2 Å². The topological polar surface area (TPSA) is 114 Å². The quantitative estimate of drug-likeness (QED) is 0.271. The Hall–Kier alpha value is -4.34. The van der Waals surface area contributed by atoms with Gasteiger partial charge in [-0.2, -0.15) is 0 Å². The van der Waals surface area contributed by atoms with Crippen LogP contribution in [-0.2, 0) is 4.79 Å².